The third kappa shape index (κ3) is 5.01. The smallest absolute Gasteiger partial charge is 0.341 e. The van der Waals surface area contributed by atoms with Crippen LogP contribution in [0.3, 0.4) is 0 Å². The minimum absolute atomic E-state index is 0.0548. The molecule has 0 spiro atoms. The molecule has 4 nitrogen and oxygen atoms in total. The Labute approximate surface area is 189 Å². The number of rotatable bonds is 3. The van der Waals surface area contributed by atoms with Crippen LogP contribution in [0.5, 0.6) is 0 Å². The van der Waals surface area contributed by atoms with E-state index in [4.69, 9.17) is 0 Å². The van der Waals surface area contributed by atoms with E-state index in [9.17, 15) is 22.8 Å². The Morgan fingerprint density at radius 2 is 1.62 bits per heavy atom. The van der Waals surface area contributed by atoms with Gasteiger partial charge >= 0.3 is 6.18 Å². The van der Waals surface area contributed by atoms with Gasteiger partial charge in [0.25, 0.3) is 5.91 Å². The van der Waals surface area contributed by atoms with Crippen molar-refractivity contribution < 1.29 is 22.8 Å². The molecule has 168 valence electrons. The number of benzene rings is 2. The van der Waals surface area contributed by atoms with Crippen LogP contribution in [-0.4, -0.2) is 36.3 Å². The summed E-state index contributed by atoms with van der Waals surface area (Å²) in [5.41, 5.74) is 0.430. The van der Waals surface area contributed by atoms with Crippen molar-refractivity contribution in [2.75, 3.05) is 24.5 Å². The molecular formula is C24H23F3N2O2S. The van der Waals surface area contributed by atoms with Crippen molar-refractivity contribution in [3.63, 3.8) is 0 Å². The van der Waals surface area contributed by atoms with Gasteiger partial charge in [0.1, 0.15) is 6.54 Å². The lowest BCUT2D eigenvalue weighted by Crippen LogP contribution is -2.44. The highest BCUT2D eigenvalue weighted by atomic mass is 32.2. The molecule has 0 N–H and O–H groups in total. The maximum absolute atomic E-state index is 13.3. The summed E-state index contributed by atoms with van der Waals surface area (Å²) < 4.78 is 38.5. The standard InChI is InChI=1S/C24H23F3N2O2S/c25-24(26,27)18-11-9-17(10-12-18)15-21-23(31)29(19-7-3-4-8-20(19)32-21)16-22(30)28-13-5-1-2-6-14-28/h3-4,7-12,15H,1-2,5-6,13-14,16H2. The zero-order valence-electron chi connectivity index (χ0n) is 17.4. The number of para-hydroxylation sites is 1. The van der Waals surface area contributed by atoms with Crippen molar-refractivity contribution in [3.8, 4) is 0 Å². The van der Waals surface area contributed by atoms with Crippen molar-refractivity contribution >= 4 is 35.3 Å². The molecule has 32 heavy (non-hydrogen) atoms. The molecule has 2 aromatic rings. The van der Waals surface area contributed by atoms with Gasteiger partial charge in [-0.05, 0) is 48.7 Å². The van der Waals surface area contributed by atoms with Crippen LogP contribution in [0.4, 0.5) is 18.9 Å². The molecule has 0 aromatic heterocycles. The highest BCUT2D eigenvalue weighted by Gasteiger charge is 2.32. The molecule has 0 saturated carbocycles. The number of likely N-dealkylation sites (tertiary alicyclic amines) is 1. The second-order valence-corrected chi connectivity index (χ2v) is 8.97. The van der Waals surface area contributed by atoms with Crippen LogP contribution in [0.2, 0.25) is 0 Å². The minimum Gasteiger partial charge on any atom is -0.341 e. The first-order valence-electron chi connectivity index (χ1n) is 10.6. The average molecular weight is 461 g/mol. The molecular weight excluding hydrogens is 437 g/mol. The zero-order chi connectivity index (χ0) is 22.7. The third-order valence-corrected chi connectivity index (χ3v) is 6.70. The maximum Gasteiger partial charge on any atom is 0.416 e. The molecule has 0 radical (unpaired) electrons. The van der Waals surface area contributed by atoms with E-state index in [1.165, 1.54) is 28.8 Å². The fourth-order valence-electron chi connectivity index (χ4n) is 3.89. The second kappa shape index (κ2) is 9.40. The predicted molar refractivity (Wildman–Crippen MR) is 119 cm³/mol. The van der Waals surface area contributed by atoms with Gasteiger partial charge < -0.3 is 4.90 Å². The Hall–Kier alpha value is -2.74. The van der Waals surface area contributed by atoms with Gasteiger partial charge in [-0.3, -0.25) is 14.5 Å². The van der Waals surface area contributed by atoms with Gasteiger partial charge in [0.2, 0.25) is 5.91 Å². The Balaban J connectivity index is 1.60. The molecule has 1 saturated heterocycles. The van der Waals surface area contributed by atoms with Crippen LogP contribution < -0.4 is 4.90 Å². The van der Waals surface area contributed by atoms with Gasteiger partial charge in [0.05, 0.1) is 16.2 Å². The van der Waals surface area contributed by atoms with Crippen LogP contribution >= 0.6 is 11.8 Å². The van der Waals surface area contributed by atoms with Crippen molar-refractivity contribution in [3.05, 3.63) is 64.6 Å². The van der Waals surface area contributed by atoms with E-state index in [2.05, 4.69) is 0 Å². The molecule has 0 bridgehead atoms. The van der Waals surface area contributed by atoms with E-state index in [0.717, 1.165) is 42.7 Å². The monoisotopic (exact) mass is 460 g/mol. The fraction of sp³-hybridized carbons (Fsp3) is 0.333. The van der Waals surface area contributed by atoms with Crippen LogP contribution in [0.25, 0.3) is 6.08 Å². The molecule has 2 aromatic carbocycles. The number of nitrogens with zero attached hydrogens (tertiary/aromatic N) is 2. The van der Waals surface area contributed by atoms with E-state index in [1.807, 2.05) is 29.2 Å². The number of carbonyl (C=O) groups excluding carboxylic acids is 2. The summed E-state index contributed by atoms with van der Waals surface area (Å²) in [6, 6.07) is 12.0. The second-order valence-electron chi connectivity index (χ2n) is 7.88. The van der Waals surface area contributed by atoms with E-state index in [0.29, 0.717) is 29.2 Å². The molecule has 0 atom stereocenters. The summed E-state index contributed by atoms with van der Waals surface area (Å²) >= 11 is 1.26. The number of alkyl halides is 3. The van der Waals surface area contributed by atoms with Gasteiger partial charge in [0.15, 0.2) is 0 Å². The minimum atomic E-state index is -4.41. The molecule has 2 heterocycles. The first-order valence-corrected chi connectivity index (χ1v) is 11.4. The molecule has 8 heteroatoms. The number of thioether (sulfide) groups is 1. The van der Waals surface area contributed by atoms with Gasteiger partial charge in [0, 0.05) is 18.0 Å². The van der Waals surface area contributed by atoms with Crippen molar-refractivity contribution in [1.29, 1.82) is 0 Å². The predicted octanol–water partition coefficient (Wildman–Crippen LogP) is 5.59. The lowest BCUT2D eigenvalue weighted by molar-refractivity contribution is -0.137. The molecule has 1 fully saturated rings. The number of halogens is 3. The Morgan fingerprint density at radius 3 is 2.28 bits per heavy atom. The summed E-state index contributed by atoms with van der Waals surface area (Å²) in [7, 11) is 0. The van der Waals surface area contributed by atoms with Crippen molar-refractivity contribution in [2.24, 2.45) is 0 Å². The topological polar surface area (TPSA) is 40.6 Å². The summed E-state index contributed by atoms with van der Waals surface area (Å²) in [5.74, 6) is -0.410. The average Bonchev–Trinajstić information content (AvgIpc) is 3.06. The summed E-state index contributed by atoms with van der Waals surface area (Å²) in [4.78, 5) is 30.8. The molecule has 2 aliphatic heterocycles. The van der Waals surface area contributed by atoms with Gasteiger partial charge in [-0.2, -0.15) is 13.2 Å². The highest BCUT2D eigenvalue weighted by Crippen LogP contribution is 2.42. The largest absolute Gasteiger partial charge is 0.416 e. The van der Waals surface area contributed by atoms with Crippen LogP contribution in [-0.2, 0) is 15.8 Å². The zero-order valence-corrected chi connectivity index (χ0v) is 18.2. The molecule has 2 aliphatic rings. The summed E-state index contributed by atoms with van der Waals surface area (Å²) in [6.07, 6.45) is 1.30. The number of fused-ring (bicyclic) bond motifs is 1. The maximum atomic E-state index is 13.3. The number of anilines is 1. The first kappa shape index (κ1) is 22.5. The number of hydrogen-bond acceptors (Lipinski definition) is 3. The Morgan fingerprint density at radius 1 is 0.969 bits per heavy atom. The van der Waals surface area contributed by atoms with E-state index >= 15 is 0 Å². The van der Waals surface area contributed by atoms with Gasteiger partial charge in [-0.25, -0.2) is 0 Å². The lowest BCUT2D eigenvalue weighted by atomic mass is 10.1. The van der Waals surface area contributed by atoms with Crippen LogP contribution in [0, 0.1) is 0 Å². The highest BCUT2D eigenvalue weighted by molar-refractivity contribution is 8.04. The van der Waals surface area contributed by atoms with Crippen LogP contribution in [0.15, 0.2) is 58.3 Å². The SMILES string of the molecule is O=C(CN1C(=O)C(=Cc2ccc(C(F)(F)F)cc2)Sc2ccccc21)N1CCCCCC1. The first-order chi connectivity index (χ1) is 15.3. The molecule has 0 unspecified atom stereocenters. The summed E-state index contributed by atoms with van der Waals surface area (Å²) in [5, 5.41) is 0. The molecule has 0 aliphatic carbocycles. The third-order valence-electron chi connectivity index (χ3n) is 5.62. The van der Waals surface area contributed by atoms with Gasteiger partial charge in [-0.1, -0.05) is 48.9 Å². The fourth-order valence-corrected chi connectivity index (χ4v) is 4.95. The number of carbonyl (C=O) groups is 2. The van der Waals surface area contributed by atoms with Crippen molar-refractivity contribution in [2.45, 2.75) is 36.8 Å². The van der Waals surface area contributed by atoms with Gasteiger partial charge in [-0.15, -0.1) is 0 Å². The summed E-state index contributed by atoms with van der Waals surface area (Å²) in [6.45, 7) is 1.35. The van der Waals surface area contributed by atoms with E-state index in [-0.39, 0.29) is 18.4 Å². The molecule has 2 amide bonds. The molecule has 4 rings (SSSR count). The number of amides is 2. The van der Waals surface area contributed by atoms with Crippen LogP contribution in [0.1, 0.15) is 36.8 Å². The Kier molecular flexibility index (Phi) is 6.60. The lowest BCUT2D eigenvalue weighted by Gasteiger charge is -2.31. The normalized spacial score (nSPS) is 18.5. The van der Waals surface area contributed by atoms with Crippen molar-refractivity contribution in [1.82, 2.24) is 4.90 Å². The quantitative estimate of drug-likeness (QED) is 0.561. The Bertz CT molecular complexity index is 1030. The van der Waals surface area contributed by atoms with E-state index < -0.39 is 11.7 Å². The van der Waals surface area contributed by atoms with E-state index in [1.54, 1.807) is 6.08 Å². The number of hydrogen-bond donors (Lipinski definition) is 0.